The molecule has 0 aromatic heterocycles. The van der Waals surface area contributed by atoms with Crippen molar-refractivity contribution >= 4 is 29.3 Å². The fourth-order valence-corrected chi connectivity index (χ4v) is 2.87. The van der Waals surface area contributed by atoms with E-state index in [9.17, 15) is 4.79 Å². The number of hydrogen-bond acceptors (Lipinski definition) is 1. The van der Waals surface area contributed by atoms with Gasteiger partial charge < -0.3 is 4.90 Å². The summed E-state index contributed by atoms with van der Waals surface area (Å²) in [5.74, 6) is -0.0302. The van der Waals surface area contributed by atoms with Gasteiger partial charge in [-0.15, -0.1) is 0 Å². The molecule has 0 radical (unpaired) electrons. The Morgan fingerprint density at radius 2 is 1.70 bits per heavy atom. The summed E-state index contributed by atoms with van der Waals surface area (Å²) in [6.07, 6.45) is 3.41. The van der Waals surface area contributed by atoms with Gasteiger partial charge in [0, 0.05) is 17.1 Å². The van der Waals surface area contributed by atoms with Gasteiger partial charge in [0.2, 0.25) is 0 Å². The van der Waals surface area contributed by atoms with Crippen LogP contribution in [0.15, 0.2) is 48.5 Å². The van der Waals surface area contributed by atoms with E-state index in [0.717, 1.165) is 22.4 Å². The first-order valence-electron chi connectivity index (χ1n) is 7.73. The van der Waals surface area contributed by atoms with Crippen molar-refractivity contribution in [3.05, 3.63) is 70.3 Å². The molecule has 0 fully saturated rings. The Hall–Kier alpha value is -2.06. The smallest absolute Gasteiger partial charge is 0.251 e. The van der Waals surface area contributed by atoms with Crippen molar-refractivity contribution in [2.45, 2.75) is 33.7 Å². The minimum Gasteiger partial charge on any atom is -0.306 e. The van der Waals surface area contributed by atoms with Crippen LogP contribution >= 0.6 is 11.6 Å². The van der Waals surface area contributed by atoms with E-state index >= 15 is 0 Å². The fourth-order valence-electron chi connectivity index (χ4n) is 2.67. The zero-order chi connectivity index (χ0) is 17.0. The molecule has 3 heteroatoms. The SMILES string of the molecule is Cc1cccc(C)c1N(C(=O)C=Cc1cccc(Cl)c1)C(C)C. The molecule has 2 rings (SSSR count). The van der Waals surface area contributed by atoms with Crippen molar-refractivity contribution in [3.63, 3.8) is 0 Å². The number of anilines is 1. The first-order chi connectivity index (χ1) is 10.9. The molecule has 2 nitrogen and oxygen atoms in total. The Labute approximate surface area is 143 Å². The molecule has 0 aliphatic carbocycles. The van der Waals surface area contributed by atoms with Gasteiger partial charge in [-0.2, -0.15) is 0 Å². The molecule has 0 aliphatic rings. The van der Waals surface area contributed by atoms with E-state index in [-0.39, 0.29) is 11.9 Å². The highest BCUT2D eigenvalue weighted by Crippen LogP contribution is 2.27. The summed E-state index contributed by atoms with van der Waals surface area (Å²) < 4.78 is 0. The Kier molecular flexibility index (Phi) is 5.62. The number of para-hydroxylation sites is 1. The average Bonchev–Trinajstić information content (AvgIpc) is 2.48. The van der Waals surface area contributed by atoms with Gasteiger partial charge in [-0.1, -0.05) is 41.9 Å². The highest BCUT2D eigenvalue weighted by atomic mass is 35.5. The van der Waals surface area contributed by atoms with Crippen LogP contribution in [0.2, 0.25) is 5.02 Å². The fraction of sp³-hybridized carbons (Fsp3) is 0.250. The second-order valence-electron chi connectivity index (χ2n) is 5.93. The lowest BCUT2D eigenvalue weighted by Crippen LogP contribution is -2.36. The predicted octanol–water partition coefficient (Wildman–Crippen LogP) is 5.41. The molecule has 0 heterocycles. The Morgan fingerprint density at radius 3 is 2.26 bits per heavy atom. The molecule has 2 aromatic carbocycles. The van der Waals surface area contributed by atoms with Crippen molar-refractivity contribution in [1.29, 1.82) is 0 Å². The Balaban J connectivity index is 2.33. The van der Waals surface area contributed by atoms with Crippen molar-refractivity contribution in [2.24, 2.45) is 0 Å². The predicted molar refractivity (Wildman–Crippen MR) is 99.0 cm³/mol. The molecule has 0 saturated carbocycles. The second-order valence-corrected chi connectivity index (χ2v) is 6.37. The summed E-state index contributed by atoms with van der Waals surface area (Å²) in [6.45, 7) is 8.12. The number of aryl methyl sites for hydroxylation is 2. The first-order valence-corrected chi connectivity index (χ1v) is 8.11. The topological polar surface area (TPSA) is 20.3 Å². The molecule has 0 atom stereocenters. The molecule has 0 spiro atoms. The highest BCUT2D eigenvalue weighted by Gasteiger charge is 2.20. The van der Waals surface area contributed by atoms with Crippen LogP contribution in [-0.4, -0.2) is 11.9 Å². The number of nitrogens with zero attached hydrogens (tertiary/aromatic N) is 1. The van der Waals surface area contributed by atoms with Crippen LogP contribution in [0.3, 0.4) is 0 Å². The monoisotopic (exact) mass is 327 g/mol. The molecule has 0 saturated heterocycles. The van der Waals surface area contributed by atoms with Crippen LogP contribution in [0.4, 0.5) is 5.69 Å². The molecule has 120 valence electrons. The summed E-state index contributed by atoms with van der Waals surface area (Å²) in [7, 11) is 0. The molecular weight excluding hydrogens is 306 g/mol. The highest BCUT2D eigenvalue weighted by molar-refractivity contribution is 6.30. The van der Waals surface area contributed by atoms with E-state index < -0.39 is 0 Å². The zero-order valence-electron chi connectivity index (χ0n) is 14.0. The van der Waals surface area contributed by atoms with E-state index in [4.69, 9.17) is 11.6 Å². The van der Waals surface area contributed by atoms with Gasteiger partial charge in [-0.3, -0.25) is 4.79 Å². The third-order valence-electron chi connectivity index (χ3n) is 3.70. The first kappa shape index (κ1) is 17.3. The zero-order valence-corrected chi connectivity index (χ0v) is 14.8. The molecule has 0 unspecified atom stereocenters. The third-order valence-corrected chi connectivity index (χ3v) is 3.94. The van der Waals surface area contributed by atoms with E-state index in [1.807, 2.05) is 75.1 Å². The second kappa shape index (κ2) is 7.47. The lowest BCUT2D eigenvalue weighted by Gasteiger charge is -2.29. The average molecular weight is 328 g/mol. The lowest BCUT2D eigenvalue weighted by atomic mass is 10.1. The van der Waals surface area contributed by atoms with Crippen LogP contribution in [-0.2, 0) is 4.79 Å². The van der Waals surface area contributed by atoms with Crippen LogP contribution in [0, 0.1) is 13.8 Å². The summed E-state index contributed by atoms with van der Waals surface area (Å²) in [5, 5.41) is 0.662. The normalized spacial score (nSPS) is 11.2. The van der Waals surface area contributed by atoms with Crippen molar-refractivity contribution in [1.82, 2.24) is 0 Å². The summed E-state index contributed by atoms with van der Waals surface area (Å²) in [5.41, 5.74) is 4.10. The maximum absolute atomic E-state index is 12.8. The van der Waals surface area contributed by atoms with Crippen LogP contribution < -0.4 is 4.90 Å². The minimum absolute atomic E-state index is 0.0302. The Bertz CT molecular complexity index is 714. The maximum atomic E-state index is 12.8. The van der Waals surface area contributed by atoms with E-state index in [2.05, 4.69) is 0 Å². The van der Waals surface area contributed by atoms with Gasteiger partial charge >= 0.3 is 0 Å². The number of carbonyl (C=O) groups is 1. The van der Waals surface area contributed by atoms with Crippen molar-refractivity contribution < 1.29 is 4.79 Å². The summed E-state index contributed by atoms with van der Waals surface area (Å²) in [4.78, 5) is 14.6. The molecule has 23 heavy (non-hydrogen) atoms. The molecule has 0 aliphatic heterocycles. The van der Waals surface area contributed by atoms with Gasteiger partial charge in [0.1, 0.15) is 0 Å². The largest absolute Gasteiger partial charge is 0.306 e. The standard InChI is InChI=1S/C20H22ClNO/c1-14(2)22(20-15(3)7-5-8-16(20)4)19(23)12-11-17-9-6-10-18(21)13-17/h5-14H,1-4H3. The molecule has 0 N–H and O–H groups in total. The number of amides is 1. The third kappa shape index (κ3) is 4.23. The van der Waals surface area contributed by atoms with Gasteiger partial charge in [-0.05, 0) is 62.6 Å². The van der Waals surface area contributed by atoms with Crippen LogP contribution in [0.1, 0.15) is 30.5 Å². The van der Waals surface area contributed by atoms with Gasteiger partial charge in [-0.25, -0.2) is 0 Å². The number of benzene rings is 2. The van der Waals surface area contributed by atoms with Crippen molar-refractivity contribution in [2.75, 3.05) is 4.90 Å². The summed E-state index contributed by atoms with van der Waals surface area (Å²) >= 11 is 5.98. The molecule has 0 bridgehead atoms. The van der Waals surface area contributed by atoms with Crippen LogP contribution in [0.5, 0.6) is 0 Å². The number of carbonyl (C=O) groups excluding carboxylic acids is 1. The maximum Gasteiger partial charge on any atom is 0.251 e. The molecule has 1 amide bonds. The Morgan fingerprint density at radius 1 is 1.09 bits per heavy atom. The number of rotatable bonds is 4. The number of halogens is 1. The van der Waals surface area contributed by atoms with Gasteiger partial charge in [0.15, 0.2) is 0 Å². The van der Waals surface area contributed by atoms with E-state index in [1.54, 1.807) is 12.2 Å². The van der Waals surface area contributed by atoms with Crippen molar-refractivity contribution in [3.8, 4) is 0 Å². The quantitative estimate of drug-likeness (QED) is 0.687. The minimum atomic E-state index is -0.0302. The van der Waals surface area contributed by atoms with E-state index in [0.29, 0.717) is 5.02 Å². The lowest BCUT2D eigenvalue weighted by molar-refractivity contribution is -0.114. The molecule has 2 aromatic rings. The summed E-state index contributed by atoms with van der Waals surface area (Å²) in [6, 6.07) is 13.6. The van der Waals surface area contributed by atoms with E-state index in [1.165, 1.54) is 0 Å². The number of hydrogen-bond donors (Lipinski definition) is 0. The van der Waals surface area contributed by atoms with Gasteiger partial charge in [0.25, 0.3) is 5.91 Å². The van der Waals surface area contributed by atoms with Crippen LogP contribution in [0.25, 0.3) is 6.08 Å². The molecular formula is C20H22ClNO. The van der Waals surface area contributed by atoms with Gasteiger partial charge in [0.05, 0.1) is 5.69 Å².